The van der Waals surface area contributed by atoms with Crippen LogP contribution >= 0.6 is 15.9 Å². The van der Waals surface area contributed by atoms with Gasteiger partial charge in [0.05, 0.1) is 10.2 Å². The molecular weight excluding hydrogens is 327 g/mol. The Balaban J connectivity index is 2.47. The fourth-order valence-corrected chi connectivity index (χ4v) is 2.22. The molecule has 0 spiro atoms. The van der Waals surface area contributed by atoms with E-state index in [9.17, 15) is 9.18 Å². The number of hydrogen-bond donors (Lipinski definition) is 2. The predicted octanol–water partition coefficient (Wildman–Crippen LogP) is 4.04. The van der Waals surface area contributed by atoms with Crippen molar-refractivity contribution in [1.29, 1.82) is 0 Å². The lowest BCUT2D eigenvalue weighted by Gasteiger charge is -2.13. The van der Waals surface area contributed by atoms with Crippen LogP contribution in [0.3, 0.4) is 0 Å². The molecule has 104 valence electrons. The second-order valence-corrected chi connectivity index (χ2v) is 5.24. The van der Waals surface area contributed by atoms with Crippen molar-refractivity contribution in [3.05, 3.63) is 51.5 Å². The minimum atomic E-state index is -1.09. The van der Waals surface area contributed by atoms with Gasteiger partial charge in [-0.25, -0.2) is 9.18 Å². The summed E-state index contributed by atoms with van der Waals surface area (Å²) in [6, 6.07) is 4.57. The van der Waals surface area contributed by atoms with E-state index >= 15 is 0 Å². The van der Waals surface area contributed by atoms with Crippen LogP contribution in [0.2, 0.25) is 0 Å². The first-order chi connectivity index (χ1) is 9.38. The molecule has 0 saturated carbocycles. The molecule has 0 aliphatic heterocycles. The standard InChI is InChI=1S/C14H12BrFN2O2/c1-7-3-10(15)11(16)5-12(7)18-13-4-8(2)17-6-9(13)14(19)20/h3-6H,1-2H3,(H,17,18)(H,19,20). The third kappa shape index (κ3) is 2.96. The lowest BCUT2D eigenvalue weighted by atomic mass is 10.1. The Morgan fingerprint density at radius 1 is 1.30 bits per heavy atom. The Bertz CT molecular complexity index is 689. The lowest BCUT2D eigenvalue weighted by molar-refractivity contribution is 0.0697. The van der Waals surface area contributed by atoms with Gasteiger partial charge >= 0.3 is 5.97 Å². The number of benzene rings is 1. The number of nitrogens with zero attached hydrogens (tertiary/aromatic N) is 1. The van der Waals surface area contributed by atoms with Gasteiger partial charge in [-0.05, 0) is 53.5 Å². The highest BCUT2D eigenvalue weighted by molar-refractivity contribution is 9.10. The molecule has 1 aromatic carbocycles. The van der Waals surface area contributed by atoms with Gasteiger partial charge in [0, 0.05) is 17.6 Å². The highest BCUT2D eigenvalue weighted by atomic mass is 79.9. The van der Waals surface area contributed by atoms with E-state index in [4.69, 9.17) is 5.11 Å². The molecule has 6 heteroatoms. The topological polar surface area (TPSA) is 62.2 Å². The first kappa shape index (κ1) is 14.5. The maximum Gasteiger partial charge on any atom is 0.339 e. The largest absolute Gasteiger partial charge is 0.478 e. The molecule has 0 amide bonds. The molecule has 0 fully saturated rings. The van der Waals surface area contributed by atoms with Crippen LogP contribution in [0.15, 0.2) is 28.9 Å². The van der Waals surface area contributed by atoms with E-state index in [-0.39, 0.29) is 5.56 Å². The van der Waals surface area contributed by atoms with Gasteiger partial charge in [0.2, 0.25) is 0 Å². The molecule has 4 nitrogen and oxygen atoms in total. The predicted molar refractivity (Wildman–Crippen MR) is 78.1 cm³/mol. The van der Waals surface area contributed by atoms with Crippen LogP contribution in [0, 0.1) is 19.7 Å². The van der Waals surface area contributed by atoms with Crippen LogP contribution in [0.4, 0.5) is 15.8 Å². The second kappa shape index (κ2) is 5.58. The Kier molecular flexibility index (Phi) is 4.04. The number of halogens is 2. The fourth-order valence-electron chi connectivity index (χ4n) is 1.76. The van der Waals surface area contributed by atoms with Gasteiger partial charge in [0.15, 0.2) is 0 Å². The van der Waals surface area contributed by atoms with Gasteiger partial charge in [-0.1, -0.05) is 0 Å². The van der Waals surface area contributed by atoms with Crippen molar-refractivity contribution in [1.82, 2.24) is 4.98 Å². The van der Waals surface area contributed by atoms with E-state index in [1.807, 2.05) is 0 Å². The summed E-state index contributed by atoms with van der Waals surface area (Å²) in [7, 11) is 0. The molecule has 0 unspecified atom stereocenters. The number of nitrogens with one attached hydrogen (secondary N) is 1. The summed E-state index contributed by atoms with van der Waals surface area (Å²) in [5.74, 6) is -1.50. The number of rotatable bonds is 3. The number of anilines is 2. The summed E-state index contributed by atoms with van der Waals surface area (Å²) in [5.41, 5.74) is 2.41. The monoisotopic (exact) mass is 338 g/mol. The van der Waals surface area contributed by atoms with Gasteiger partial charge < -0.3 is 10.4 Å². The van der Waals surface area contributed by atoms with E-state index in [1.165, 1.54) is 12.3 Å². The third-order valence-corrected chi connectivity index (χ3v) is 3.42. The molecule has 0 aliphatic rings. The van der Waals surface area contributed by atoms with E-state index in [2.05, 4.69) is 26.2 Å². The van der Waals surface area contributed by atoms with E-state index in [0.717, 1.165) is 5.56 Å². The maximum absolute atomic E-state index is 13.6. The summed E-state index contributed by atoms with van der Waals surface area (Å²) in [6.07, 6.45) is 1.28. The molecule has 1 aromatic heterocycles. The minimum absolute atomic E-state index is 0.0401. The van der Waals surface area contributed by atoms with Crippen molar-refractivity contribution in [2.24, 2.45) is 0 Å². The van der Waals surface area contributed by atoms with Crippen molar-refractivity contribution in [2.45, 2.75) is 13.8 Å². The molecule has 0 atom stereocenters. The molecule has 0 bridgehead atoms. The van der Waals surface area contributed by atoms with Crippen LogP contribution < -0.4 is 5.32 Å². The number of carbonyl (C=O) groups is 1. The number of aryl methyl sites for hydroxylation is 2. The van der Waals surface area contributed by atoms with Crippen LogP contribution in [0.25, 0.3) is 0 Å². The molecule has 2 N–H and O–H groups in total. The van der Waals surface area contributed by atoms with Gasteiger partial charge in [-0.15, -0.1) is 0 Å². The summed E-state index contributed by atoms with van der Waals surface area (Å²) < 4.78 is 14.0. The van der Waals surface area contributed by atoms with E-state index < -0.39 is 11.8 Å². The number of carboxylic acids is 1. The average molecular weight is 339 g/mol. The minimum Gasteiger partial charge on any atom is -0.478 e. The van der Waals surface area contributed by atoms with Crippen LogP contribution in [-0.4, -0.2) is 16.1 Å². The van der Waals surface area contributed by atoms with Gasteiger partial charge in [-0.3, -0.25) is 4.98 Å². The molecule has 20 heavy (non-hydrogen) atoms. The first-order valence-corrected chi connectivity index (χ1v) is 6.60. The highest BCUT2D eigenvalue weighted by Crippen LogP contribution is 2.28. The van der Waals surface area contributed by atoms with Crippen LogP contribution in [0.1, 0.15) is 21.6 Å². The highest BCUT2D eigenvalue weighted by Gasteiger charge is 2.13. The zero-order valence-electron chi connectivity index (χ0n) is 10.9. The first-order valence-electron chi connectivity index (χ1n) is 5.81. The number of aromatic nitrogens is 1. The fraction of sp³-hybridized carbons (Fsp3) is 0.143. The number of aromatic carboxylic acids is 1. The SMILES string of the molecule is Cc1cc(Nc2cc(F)c(Br)cc2C)c(C(=O)O)cn1. The van der Waals surface area contributed by atoms with Crippen LogP contribution in [-0.2, 0) is 0 Å². The van der Waals surface area contributed by atoms with Crippen molar-refractivity contribution >= 4 is 33.3 Å². The Hall–Kier alpha value is -1.95. The number of carboxylic acid groups (broad SMARTS) is 1. The van der Waals surface area contributed by atoms with Crippen molar-refractivity contribution < 1.29 is 14.3 Å². The number of pyridine rings is 1. The quantitative estimate of drug-likeness (QED) is 0.886. The van der Waals surface area contributed by atoms with E-state index in [1.54, 1.807) is 26.0 Å². The smallest absolute Gasteiger partial charge is 0.339 e. The number of hydrogen-bond acceptors (Lipinski definition) is 3. The Morgan fingerprint density at radius 3 is 2.65 bits per heavy atom. The second-order valence-electron chi connectivity index (χ2n) is 4.38. The Morgan fingerprint density at radius 2 is 2.00 bits per heavy atom. The van der Waals surface area contributed by atoms with E-state index in [0.29, 0.717) is 21.5 Å². The average Bonchev–Trinajstić information content (AvgIpc) is 2.35. The van der Waals surface area contributed by atoms with Crippen molar-refractivity contribution in [3.8, 4) is 0 Å². The summed E-state index contributed by atoms with van der Waals surface area (Å²) in [5, 5.41) is 12.1. The molecule has 2 rings (SSSR count). The van der Waals surface area contributed by atoms with Gasteiger partial charge in [0.1, 0.15) is 11.4 Å². The Labute approximate surface area is 123 Å². The molecule has 0 radical (unpaired) electrons. The molecule has 2 aromatic rings. The molecule has 0 aliphatic carbocycles. The normalized spacial score (nSPS) is 10.4. The third-order valence-electron chi connectivity index (χ3n) is 2.81. The van der Waals surface area contributed by atoms with Crippen molar-refractivity contribution in [3.63, 3.8) is 0 Å². The van der Waals surface area contributed by atoms with Crippen LogP contribution in [0.5, 0.6) is 0 Å². The van der Waals surface area contributed by atoms with Crippen molar-refractivity contribution in [2.75, 3.05) is 5.32 Å². The van der Waals surface area contributed by atoms with Gasteiger partial charge in [-0.2, -0.15) is 0 Å². The summed E-state index contributed by atoms with van der Waals surface area (Å²) in [6.45, 7) is 3.56. The summed E-state index contributed by atoms with van der Waals surface area (Å²) >= 11 is 3.11. The molecular formula is C14H12BrFN2O2. The molecule has 1 heterocycles. The lowest BCUT2D eigenvalue weighted by Crippen LogP contribution is -2.05. The summed E-state index contributed by atoms with van der Waals surface area (Å²) in [4.78, 5) is 15.1. The molecule has 0 saturated heterocycles. The zero-order valence-corrected chi connectivity index (χ0v) is 12.5. The van der Waals surface area contributed by atoms with Gasteiger partial charge in [0.25, 0.3) is 0 Å². The maximum atomic E-state index is 13.6. The zero-order chi connectivity index (χ0) is 14.9.